The molecule has 17 heavy (non-hydrogen) atoms. The zero-order chi connectivity index (χ0) is 13.1. The van der Waals surface area contributed by atoms with Crippen LogP contribution in [0.1, 0.15) is 21.7 Å². The predicted octanol–water partition coefficient (Wildman–Crippen LogP) is 1.06. The molecule has 0 spiro atoms. The Hall–Kier alpha value is -1.36. The fourth-order valence-electron chi connectivity index (χ4n) is 1.24. The molecule has 92 valence electrons. The van der Waals surface area contributed by atoms with E-state index in [2.05, 4.69) is 10.6 Å². The normalized spacial score (nSPS) is 11.1. The lowest BCUT2D eigenvalue weighted by atomic mass is 10.3. The van der Waals surface area contributed by atoms with Crippen LogP contribution in [0.5, 0.6) is 0 Å². The van der Waals surface area contributed by atoms with Gasteiger partial charge in [0.1, 0.15) is 9.77 Å². The molecule has 0 bridgehead atoms. The highest BCUT2D eigenvalue weighted by Gasteiger charge is 2.26. The van der Waals surface area contributed by atoms with Gasteiger partial charge in [0.25, 0.3) is 0 Å². The van der Waals surface area contributed by atoms with Crippen LogP contribution in [0.4, 0.5) is 0 Å². The SMILES string of the molecule is C#CCCNS(=O)(=O)c1c(C)csc1C(=O)O. The van der Waals surface area contributed by atoms with Crippen molar-refractivity contribution in [2.45, 2.75) is 18.2 Å². The van der Waals surface area contributed by atoms with Crippen molar-refractivity contribution in [3.8, 4) is 12.3 Å². The zero-order valence-electron chi connectivity index (χ0n) is 9.06. The number of hydrogen-bond donors (Lipinski definition) is 2. The lowest BCUT2D eigenvalue weighted by Gasteiger charge is -2.05. The summed E-state index contributed by atoms with van der Waals surface area (Å²) in [5, 5.41) is 10.4. The van der Waals surface area contributed by atoms with E-state index in [0.29, 0.717) is 5.56 Å². The van der Waals surface area contributed by atoms with Crippen molar-refractivity contribution >= 4 is 27.3 Å². The Bertz CT molecular complexity index is 566. The zero-order valence-corrected chi connectivity index (χ0v) is 10.7. The monoisotopic (exact) mass is 273 g/mol. The van der Waals surface area contributed by atoms with Gasteiger partial charge in [0.2, 0.25) is 10.0 Å². The lowest BCUT2D eigenvalue weighted by molar-refractivity contribution is 0.0698. The van der Waals surface area contributed by atoms with Gasteiger partial charge in [-0.3, -0.25) is 0 Å². The number of sulfonamides is 1. The first-order chi connectivity index (χ1) is 7.90. The fraction of sp³-hybridized carbons (Fsp3) is 0.300. The van der Waals surface area contributed by atoms with Crippen LogP contribution in [0.3, 0.4) is 0 Å². The van der Waals surface area contributed by atoms with E-state index in [1.54, 1.807) is 6.92 Å². The quantitative estimate of drug-likeness (QED) is 0.620. The number of rotatable bonds is 5. The van der Waals surface area contributed by atoms with Crippen molar-refractivity contribution in [2.75, 3.05) is 6.54 Å². The minimum atomic E-state index is -3.81. The Morgan fingerprint density at radius 1 is 1.65 bits per heavy atom. The van der Waals surface area contributed by atoms with E-state index in [-0.39, 0.29) is 22.7 Å². The summed E-state index contributed by atoms with van der Waals surface area (Å²) >= 11 is 0.891. The van der Waals surface area contributed by atoms with Crippen LogP contribution in [0.15, 0.2) is 10.3 Å². The lowest BCUT2D eigenvalue weighted by Crippen LogP contribution is -2.26. The van der Waals surface area contributed by atoms with Crippen molar-refractivity contribution in [2.24, 2.45) is 0 Å². The first kappa shape index (κ1) is 13.7. The van der Waals surface area contributed by atoms with Crippen molar-refractivity contribution in [1.29, 1.82) is 0 Å². The number of aryl methyl sites for hydroxylation is 1. The molecular weight excluding hydrogens is 262 g/mol. The molecule has 0 fully saturated rings. The van der Waals surface area contributed by atoms with Crippen molar-refractivity contribution in [3.05, 3.63) is 15.8 Å². The van der Waals surface area contributed by atoms with E-state index in [1.807, 2.05) is 0 Å². The summed E-state index contributed by atoms with van der Waals surface area (Å²) in [7, 11) is -3.81. The molecule has 0 unspecified atom stereocenters. The van der Waals surface area contributed by atoms with E-state index in [1.165, 1.54) is 5.38 Å². The van der Waals surface area contributed by atoms with E-state index in [9.17, 15) is 13.2 Å². The summed E-state index contributed by atoms with van der Waals surface area (Å²) in [6, 6.07) is 0. The van der Waals surface area contributed by atoms with E-state index in [4.69, 9.17) is 11.5 Å². The summed E-state index contributed by atoms with van der Waals surface area (Å²) in [6.07, 6.45) is 5.26. The maximum atomic E-state index is 11.9. The molecule has 1 rings (SSSR count). The first-order valence-electron chi connectivity index (χ1n) is 4.64. The average Bonchev–Trinajstić information content (AvgIpc) is 2.61. The standard InChI is InChI=1S/C10H11NO4S2/c1-3-4-5-11-17(14,15)9-7(2)6-16-8(9)10(12)13/h1,6,11H,4-5H2,2H3,(H,12,13). The second-order valence-electron chi connectivity index (χ2n) is 3.23. The summed E-state index contributed by atoms with van der Waals surface area (Å²) in [5.74, 6) is 1.05. The summed E-state index contributed by atoms with van der Waals surface area (Å²) < 4.78 is 26.0. The number of nitrogens with one attached hydrogen (secondary N) is 1. The van der Waals surface area contributed by atoms with E-state index in [0.717, 1.165) is 11.3 Å². The summed E-state index contributed by atoms with van der Waals surface area (Å²) in [6.45, 7) is 1.64. The van der Waals surface area contributed by atoms with Gasteiger partial charge in [-0.25, -0.2) is 17.9 Å². The Labute approximate surface area is 104 Å². The third-order valence-electron chi connectivity index (χ3n) is 1.94. The second kappa shape index (κ2) is 5.31. The maximum absolute atomic E-state index is 11.9. The molecule has 2 N–H and O–H groups in total. The molecular formula is C10H11NO4S2. The van der Waals surface area contributed by atoms with Crippen LogP contribution >= 0.6 is 11.3 Å². The second-order valence-corrected chi connectivity index (χ2v) is 5.82. The molecule has 0 aliphatic rings. The van der Waals surface area contributed by atoms with Crippen LogP contribution in [0.25, 0.3) is 0 Å². The molecule has 0 aliphatic carbocycles. The van der Waals surface area contributed by atoms with Crippen molar-refractivity contribution in [1.82, 2.24) is 4.72 Å². The van der Waals surface area contributed by atoms with Gasteiger partial charge in [-0.1, -0.05) is 0 Å². The number of hydrogen-bond acceptors (Lipinski definition) is 4. The molecule has 0 saturated carbocycles. The highest BCUT2D eigenvalue weighted by Crippen LogP contribution is 2.26. The summed E-state index contributed by atoms with van der Waals surface area (Å²) in [4.78, 5) is 10.5. The van der Waals surface area contributed by atoms with Gasteiger partial charge in [0, 0.05) is 13.0 Å². The molecule has 1 heterocycles. The minimum Gasteiger partial charge on any atom is -0.477 e. The third-order valence-corrected chi connectivity index (χ3v) is 4.81. The first-order valence-corrected chi connectivity index (χ1v) is 7.01. The smallest absolute Gasteiger partial charge is 0.347 e. The Morgan fingerprint density at radius 2 is 2.29 bits per heavy atom. The van der Waals surface area contributed by atoms with Gasteiger partial charge in [-0.05, 0) is 17.9 Å². The van der Waals surface area contributed by atoms with Crippen LogP contribution in [0.2, 0.25) is 0 Å². The molecule has 0 aromatic carbocycles. The fourth-order valence-corrected chi connectivity index (χ4v) is 3.90. The van der Waals surface area contributed by atoms with Gasteiger partial charge in [-0.2, -0.15) is 0 Å². The molecule has 1 aromatic heterocycles. The van der Waals surface area contributed by atoms with Gasteiger partial charge in [0.15, 0.2) is 0 Å². The highest BCUT2D eigenvalue weighted by molar-refractivity contribution is 7.89. The van der Waals surface area contributed by atoms with Gasteiger partial charge < -0.3 is 5.11 Å². The number of carboxylic acid groups (broad SMARTS) is 1. The van der Waals surface area contributed by atoms with E-state index < -0.39 is 16.0 Å². The number of carbonyl (C=O) groups is 1. The summed E-state index contributed by atoms with van der Waals surface area (Å²) in [5.41, 5.74) is 0.417. The van der Waals surface area contributed by atoms with Crippen LogP contribution in [0, 0.1) is 19.3 Å². The largest absolute Gasteiger partial charge is 0.477 e. The molecule has 0 amide bonds. The molecule has 7 heteroatoms. The number of terminal acetylenes is 1. The molecule has 0 atom stereocenters. The topological polar surface area (TPSA) is 83.5 Å². The van der Waals surface area contributed by atoms with Gasteiger partial charge in [0.05, 0.1) is 0 Å². The van der Waals surface area contributed by atoms with Crippen molar-refractivity contribution < 1.29 is 18.3 Å². The van der Waals surface area contributed by atoms with Gasteiger partial charge in [-0.15, -0.1) is 23.7 Å². The minimum absolute atomic E-state index is 0.0905. The number of carboxylic acids is 1. The van der Waals surface area contributed by atoms with Gasteiger partial charge >= 0.3 is 5.97 Å². The number of thiophene rings is 1. The Kier molecular flexibility index (Phi) is 4.28. The Balaban J connectivity index is 3.11. The average molecular weight is 273 g/mol. The van der Waals surface area contributed by atoms with Crippen LogP contribution in [-0.2, 0) is 10.0 Å². The van der Waals surface area contributed by atoms with Crippen LogP contribution in [-0.4, -0.2) is 26.0 Å². The van der Waals surface area contributed by atoms with Crippen molar-refractivity contribution in [3.63, 3.8) is 0 Å². The number of aromatic carboxylic acids is 1. The molecule has 0 aliphatic heterocycles. The molecule has 0 radical (unpaired) electrons. The third kappa shape index (κ3) is 3.06. The molecule has 0 saturated heterocycles. The maximum Gasteiger partial charge on any atom is 0.347 e. The predicted molar refractivity (Wildman–Crippen MR) is 64.7 cm³/mol. The Morgan fingerprint density at radius 3 is 2.82 bits per heavy atom. The molecule has 5 nitrogen and oxygen atoms in total. The molecule has 1 aromatic rings. The van der Waals surface area contributed by atoms with E-state index >= 15 is 0 Å². The highest BCUT2D eigenvalue weighted by atomic mass is 32.2. The van der Waals surface area contributed by atoms with Crippen LogP contribution < -0.4 is 4.72 Å².